The van der Waals surface area contributed by atoms with Gasteiger partial charge in [-0.2, -0.15) is 0 Å². The fraction of sp³-hybridized carbons (Fsp3) is 0.326. The van der Waals surface area contributed by atoms with Gasteiger partial charge < -0.3 is 0 Å². The quantitative estimate of drug-likeness (QED) is 0.0568. The average molecular weight is 1650 g/mol. The normalized spacial score (nSPS) is 21.4. The van der Waals surface area contributed by atoms with Crippen molar-refractivity contribution in [1.29, 1.82) is 0 Å². The summed E-state index contributed by atoms with van der Waals surface area (Å²) >= 11 is -6.54. The number of hydrogen-bond donors (Lipinski definition) is 1. The van der Waals surface area contributed by atoms with Gasteiger partial charge in [-0.05, 0) is 0 Å². The molecule has 0 aliphatic carbocycles. The van der Waals surface area contributed by atoms with Gasteiger partial charge in [-0.3, -0.25) is 0 Å². The molecule has 3 aliphatic heterocycles. The predicted molar refractivity (Wildman–Crippen MR) is 239 cm³/mol. The molecule has 4 aromatic rings. The van der Waals surface area contributed by atoms with Crippen LogP contribution in [0.5, 0.6) is 0 Å². The summed E-state index contributed by atoms with van der Waals surface area (Å²) in [6.45, 7) is 1.20. The van der Waals surface area contributed by atoms with E-state index in [1.807, 2.05) is 0 Å². The second kappa shape index (κ2) is 28.3. The number of carbonyl (C=O) groups is 7. The Morgan fingerprint density at radius 1 is 0.685 bits per heavy atom. The van der Waals surface area contributed by atoms with Crippen LogP contribution in [0.15, 0.2) is 121 Å². The predicted octanol–water partition coefficient (Wildman–Crippen LogP) is -1.73. The van der Waals surface area contributed by atoms with Crippen molar-refractivity contribution >= 4 is 114 Å². The smallest absolute Gasteiger partial charge is 1.00 e. The number of hydrogen-bond acceptors (Lipinski definition) is 17. The Morgan fingerprint density at radius 3 is 1.48 bits per heavy atom. The van der Waals surface area contributed by atoms with Crippen molar-refractivity contribution in [3.05, 3.63) is 127 Å². The van der Waals surface area contributed by atoms with Gasteiger partial charge in [0.25, 0.3) is 0 Å². The molecule has 0 aromatic heterocycles. The summed E-state index contributed by atoms with van der Waals surface area (Å²) < 4.78 is 122. The molecule has 386 valence electrons. The number of aliphatic hydroxyl groups is 1. The molecule has 2 unspecified atom stereocenters. The third-order valence-electron chi connectivity index (χ3n) is 9.78. The number of carboxylic acid groups (broad SMARTS) is 1. The Labute approximate surface area is 488 Å². The number of rotatable bonds is 16. The average Bonchev–Trinajstić information content (AvgIpc) is 3.89. The van der Waals surface area contributed by atoms with E-state index in [2.05, 4.69) is 9.47 Å². The van der Waals surface area contributed by atoms with Crippen molar-refractivity contribution in [2.45, 2.75) is 74.0 Å². The molecule has 1 N–H and O–H groups in total. The zero-order chi connectivity index (χ0) is 52.9. The zero-order valence-electron chi connectivity index (χ0n) is 38.4. The molecule has 0 bridgehead atoms. The summed E-state index contributed by atoms with van der Waals surface area (Å²) in [5.74, 6) is -20.4. The van der Waals surface area contributed by atoms with Crippen molar-refractivity contribution in [1.82, 2.24) is 0 Å². The molecule has 3 heterocycles. The van der Waals surface area contributed by atoms with Gasteiger partial charge in [-0.1, -0.05) is 0 Å². The van der Waals surface area contributed by atoms with Crippen molar-refractivity contribution in [2.75, 3.05) is 19.8 Å². The molecular formula is C46H42Bi3F6KO17. The molecule has 73 heavy (non-hydrogen) atoms. The third-order valence-corrected chi connectivity index (χ3v) is 20.8. The minimum atomic E-state index is -4.38. The van der Waals surface area contributed by atoms with E-state index in [0.717, 1.165) is 9.81 Å². The van der Waals surface area contributed by atoms with Gasteiger partial charge in [-0.15, -0.1) is 0 Å². The van der Waals surface area contributed by atoms with Crippen LogP contribution in [0.1, 0.15) is 24.2 Å². The summed E-state index contributed by atoms with van der Waals surface area (Å²) in [6.07, 6.45) is -11.0. The molecule has 0 radical (unpaired) electrons. The number of cyclic esters (lactones) is 2. The second-order valence-corrected chi connectivity index (χ2v) is 29.9. The number of aliphatic carboxylic acids is 1. The Hall–Kier alpha value is -3.08. The molecule has 27 heteroatoms. The van der Waals surface area contributed by atoms with Gasteiger partial charge in [0.15, 0.2) is 0 Å². The Kier molecular flexibility index (Phi) is 24.2. The van der Waals surface area contributed by atoms with E-state index in [9.17, 15) is 65.0 Å². The van der Waals surface area contributed by atoms with Crippen molar-refractivity contribution in [3.63, 3.8) is 0 Å². The summed E-state index contributed by atoms with van der Waals surface area (Å²) in [5.41, 5.74) is 0.214. The van der Waals surface area contributed by atoms with Crippen molar-refractivity contribution in [3.8, 4) is 0 Å². The first kappa shape index (κ1) is 62.5. The largest absolute Gasteiger partial charge is 1.00 e. The van der Waals surface area contributed by atoms with Gasteiger partial charge in [-0.25, -0.2) is 0 Å². The van der Waals surface area contributed by atoms with Gasteiger partial charge in [0.2, 0.25) is 0 Å². The van der Waals surface area contributed by atoms with Crippen LogP contribution in [0.3, 0.4) is 0 Å². The van der Waals surface area contributed by atoms with E-state index in [1.54, 1.807) is 109 Å². The Balaban J connectivity index is 0.000000239. The van der Waals surface area contributed by atoms with Crippen LogP contribution in [0.2, 0.25) is 0 Å². The van der Waals surface area contributed by atoms with Gasteiger partial charge in [0, 0.05) is 0 Å². The fourth-order valence-corrected chi connectivity index (χ4v) is 15.4. The van der Waals surface area contributed by atoms with Crippen LogP contribution in [-0.2, 0) is 52.3 Å². The maximum Gasteiger partial charge on any atom is 1.00 e. The molecule has 0 saturated carbocycles. The number of esters is 3. The first-order valence-electron chi connectivity index (χ1n) is 20.9. The van der Waals surface area contributed by atoms with E-state index in [0.29, 0.717) is 0 Å². The maximum atomic E-state index is 14.1. The molecule has 0 spiro atoms. The number of benzene rings is 4. The summed E-state index contributed by atoms with van der Waals surface area (Å²) in [4.78, 5) is 81.1. The summed E-state index contributed by atoms with van der Waals surface area (Å²) in [5, 5.41) is 19.7. The van der Waals surface area contributed by atoms with Gasteiger partial charge in [0.1, 0.15) is 0 Å². The van der Waals surface area contributed by atoms with Crippen LogP contribution in [0.25, 0.3) is 0 Å². The topological polar surface area (TPSA) is 237 Å². The summed E-state index contributed by atoms with van der Waals surface area (Å²) in [7, 11) is 0. The molecule has 0 amide bonds. The second-order valence-electron chi connectivity index (χ2n) is 15.5. The first-order valence-corrected chi connectivity index (χ1v) is 32.6. The first-order chi connectivity index (χ1) is 33.9. The molecular weight excluding hydrogens is 1600 g/mol. The van der Waals surface area contributed by atoms with E-state index in [1.165, 1.54) is 26.0 Å². The molecule has 17 nitrogen and oxygen atoms in total. The number of carboxylic acids is 1. The molecule has 3 aliphatic rings. The monoisotopic (exact) mass is 1650 g/mol. The SMILES string of the molecule is CC1(C)OC[C@H]([C@@H](O[C](=O)[BiH][c]2ccccc2)C(F)(F)C(=O)[O-])O1.O=[C](OC1[C@@H](CO)OC(=O)C1(F)F)[BiH][c]1ccccc1.O=[C](OC1[C@@H](COC(=O)c2ccccc2)OC(=O)C1(F)F)[BiH][c]1ccccc1.[K+]. The standard InChI is InChI=1S/C13H9F2O6.C9H11F2O6.C6H5F2O5.3C6H5.3Bi.K.3H/c14-13(15)10(20-7-16)9(21-12(13)18)6-19-11(17)8-4-2-1-3-5-8;1-8(2)16-3-5(17-8)6(15-4-12)9(10,11)7(13)14;7-6(8)4(12-2-10)3(1-9)13-5(6)11;3*1-2-4-6-5-3-1;;;;;;;/h1-5,9-10H,6H2;5-6H,3H2,1-2H3,(H,13,14);3-4,9H,1H2;3*1-5H;;;;;;;/q;;;;;;;;;+1;;;/p-1/t9-,10?;5-,6-;3-,4?;;;;;;;;;;/m111........../s1. The third kappa shape index (κ3) is 18.0. The molecule has 4 aromatic carbocycles. The van der Waals surface area contributed by atoms with Crippen LogP contribution < -0.4 is 66.3 Å². The van der Waals surface area contributed by atoms with E-state index < -0.39 is 178 Å². The minimum absolute atomic E-state index is 0. The van der Waals surface area contributed by atoms with E-state index >= 15 is 0 Å². The molecule has 3 fully saturated rings. The fourth-order valence-electron chi connectivity index (χ4n) is 6.34. The summed E-state index contributed by atoms with van der Waals surface area (Å²) in [6, 6.07) is 33.9. The van der Waals surface area contributed by atoms with Crippen molar-refractivity contribution < 1.29 is 159 Å². The van der Waals surface area contributed by atoms with Gasteiger partial charge >= 0.3 is 495 Å². The molecule has 3 saturated heterocycles. The zero-order valence-corrected chi connectivity index (χ0v) is 53.2. The molecule has 7 rings (SSSR count). The minimum Gasteiger partial charge on any atom is 1.00 e. The number of halogens is 6. The van der Waals surface area contributed by atoms with Crippen LogP contribution in [0.4, 0.5) is 40.7 Å². The van der Waals surface area contributed by atoms with Gasteiger partial charge in [0.05, 0.1) is 0 Å². The Morgan fingerprint density at radius 2 is 1.08 bits per heavy atom. The number of alkyl halides is 6. The van der Waals surface area contributed by atoms with Crippen LogP contribution >= 0.6 is 0 Å². The van der Waals surface area contributed by atoms with E-state index in [-0.39, 0.29) is 63.6 Å². The number of carbonyl (C=O) groups excluding carboxylic acids is 7. The van der Waals surface area contributed by atoms with Crippen molar-refractivity contribution in [2.24, 2.45) is 0 Å². The molecule has 6 atom stereocenters. The van der Waals surface area contributed by atoms with Crippen LogP contribution in [0, 0.1) is 0 Å². The Bertz CT molecular complexity index is 2520. The van der Waals surface area contributed by atoms with E-state index in [4.69, 9.17) is 33.5 Å². The number of aliphatic hydroxyl groups excluding tert-OH is 1. The maximum absolute atomic E-state index is 14.1. The number of ether oxygens (including phenoxy) is 8. The van der Waals surface area contributed by atoms with Crippen LogP contribution in [-0.4, -0.2) is 190 Å².